The van der Waals surface area contributed by atoms with Crippen molar-refractivity contribution in [1.82, 2.24) is 9.78 Å². The highest BCUT2D eigenvalue weighted by Crippen LogP contribution is 2.47. The fourth-order valence-corrected chi connectivity index (χ4v) is 3.07. The Morgan fingerprint density at radius 2 is 1.76 bits per heavy atom. The number of hydrogen-bond acceptors (Lipinski definition) is 6. The van der Waals surface area contributed by atoms with Crippen molar-refractivity contribution in [3.8, 4) is 11.5 Å². The van der Waals surface area contributed by atoms with E-state index in [1.165, 1.54) is 37.1 Å². The molecule has 0 spiro atoms. The van der Waals surface area contributed by atoms with Gasteiger partial charge >= 0.3 is 0 Å². The molecular weight excluding hydrogens is 386 g/mol. The molecule has 0 aliphatic carbocycles. The summed E-state index contributed by atoms with van der Waals surface area (Å²) >= 11 is 0. The molecule has 0 aliphatic heterocycles. The molecule has 0 saturated carbocycles. The van der Waals surface area contributed by atoms with Crippen LogP contribution in [0.2, 0.25) is 0 Å². The van der Waals surface area contributed by atoms with Crippen LogP contribution in [0.15, 0.2) is 36.4 Å². The lowest BCUT2D eigenvalue weighted by Crippen LogP contribution is -2.19. The van der Waals surface area contributed by atoms with Gasteiger partial charge in [0, 0.05) is 31.3 Å². The van der Waals surface area contributed by atoms with Gasteiger partial charge in [-0.2, -0.15) is 5.10 Å². The fraction of sp³-hybridized carbons (Fsp3) is 0.211. The van der Waals surface area contributed by atoms with E-state index in [0.29, 0.717) is 5.69 Å². The molecule has 0 aliphatic rings. The summed E-state index contributed by atoms with van der Waals surface area (Å²) in [6, 6.07) is 7.67. The molecule has 1 heterocycles. The smallest absolute Gasteiger partial charge is 0.297 e. The predicted octanol–water partition coefficient (Wildman–Crippen LogP) is 4.40. The normalized spacial score (nSPS) is 10.7. The van der Waals surface area contributed by atoms with Gasteiger partial charge in [-0.15, -0.1) is 0 Å². The number of para-hydroxylation sites is 1. The van der Waals surface area contributed by atoms with E-state index < -0.39 is 27.9 Å². The number of nitro groups is 1. The van der Waals surface area contributed by atoms with Crippen molar-refractivity contribution in [3.05, 3.63) is 63.8 Å². The number of aryl methyl sites for hydroxylation is 2. The Labute approximate surface area is 165 Å². The molecule has 2 aromatic carbocycles. The number of nitrogens with zero attached hydrogens (tertiary/aromatic N) is 4. The van der Waals surface area contributed by atoms with Gasteiger partial charge in [0.1, 0.15) is 23.0 Å². The molecule has 0 N–H and O–H groups in total. The molecular formula is C19H18F2N4O4. The largest absolute Gasteiger partial charge is 0.497 e. The number of ether oxygens (including phenoxy) is 2. The van der Waals surface area contributed by atoms with E-state index in [2.05, 4.69) is 5.10 Å². The maximum atomic E-state index is 15.0. The first kappa shape index (κ1) is 20.1. The third kappa shape index (κ3) is 3.56. The maximum Gasteiger partial charge on any atom is 0.297 e. The molecule has 0 radical (unpaired) electrons. The molecule has 152 valence electrons. The molecule has 0 fully saturated rings. The Hall–Kier alpha value is -3.69. The second-order valence-electron chi connectivity index (χ2n) is 6.13. The van der Waals surface area contributed by atoms with Crippen molar-refractivity contribution in [2.24, 2.45) is 7.05 Å². The number of hydrogen-bond donors (Lipinski definition) is 0. The number of rotatable bonds is 6. The SMILES string of the molecule is COc1cc(F)c(N(c2c(OC)cccc2[N+](=O)[O-])c2cc(C)nn2C)c(F)c1. The second kappa shape index (κ2) is 7.74. The zero-order valence-corrected chi connectivity index (χ0v) is 16.1. The Morgan fingerprint density at radius 1 is 1.10 bits per heavy atom. The molecule has 3 aromatic rings. The molecule has 0 amide bonds. The van der Waals surface area contributed by atoms with Gasteiger partial charge < -0.3 is 9.47 Å². The lowest BCUT2D eigenvalue weighted by atomic mass is 10.1. The van der Waals surface area contributed by atoms with Crippen LogP contribution in [-0.4, -0.2) is 28.9 Å². The number of halogens is 2. The summed E-state index contributed by atoms with van der Waals surface area (Å²) in [4.78, 5) is 12.1. The van der Waals surface area contributed by atoms with Gasteiger partial charge in [0.2, 0.25) is 0 Å². The lowest BCUT2D eigenvalue weighted by molar-refractivity contribution is -0.384. The summed E-state index contributed by atoms with van der Waals surface area (Å²) < 4.78 is 41.6. The molecule has 0 atom stereocenters. The van der Waals surface area contributed by atoms with Crippen molar-refractivity contribution < 1.29 is 23.2 Å². The summed E-state index contributed by atoms with van der Waals surface area (Å²) in [7, 11) is 4.16. The van der Waals surface area contributed by atoms with Crippen LogP contribution < -0.4 is 14.4 Å². The highest BCUT2D eigenvalue weighted by molar-refractivity contribution is 5.85. The minimum absolute atomic E-state index is 0.0283. The van der Waals surface area contributed by atoms with E-state index in [9.17, 15) is 10.1 Å². The topological polar surface area (TPSA) is 82.7 Å². The first-order valence-electron chi connectivity index (χ1n) is 8.43. The van der Waals surface area contributed by atoms with Gasteiger partial charge in [0.25, 0.3) is 5.69 Å². The van der Waals surface area contributed by atoms with Gasteiger partial charge in [-0.25, -0.2) is 8.78 Å². The third-order valence-corrected chi connectivity index (χ3v) is 4.27. The third-order valence-electron chi connectivity index (χ3n) is 4.27. The molecule has 0 unspecified atom stereocenters. The average molecular weight is 404 g/mol. The highest BCUT2D eigenvalue weighted by Gasteiger charge is 2.32. The van der Waals surface area contributed by atoms with Gasteiger partial charge in [-0.3, -0.25) is 19.7 Å². The number of nitro benzene ring substituents is 1. The second-order valence-corrected chi connectivity index (χ2v) is 6.13. The number of benzene rings is 2. The van der Waals surface area contributed by atoms with Crippen LogP contribution in [0.4, 0.5) is 31.7 Å². The van der Waals surface area contributed by atoms with Crippen molar-refractivity contribution in [2.75, 3.05) is 19.1 Å². The summed E-state index contributed by atoms with van der Waals surface area (Å²) in [5, 5.41) is 15.9. The summed E-state index contributed by atoms with van der Waals surface area (Å²) in [6.45, 7) is 1.69. The molecule has 10 heteroatoms. The highest BCUT2D eigenvalue weighted by atomic mass is 19.1. The van der Waals surface area contributed by atoms with Crippen molar-refractivity contribution in [1.29, 1.82) is 0 Å². The number of methoxy groups -OCH3 is 2. The van der Waals surface area contributed by atoms with Crippen molar-refractivity contribution >= 4 is 22.9 Å². The van der Waals surface area contributed by atoms with Crippen LogP contribution >= 0.6 is 0 Å². The zero-order valence-electron chi connectivity index (χ0n) is 16.1. The Bertz CT molecular complexity index is 1060. The van der Waals surface area contributed by atoms with Crippen LogP contribution in [0.5, 0.6) is 11.5 Å². The van der Waals surface area contributed by atoms with Gasteiger partial charge in [-0.05, 0) is 13.0 Å². The van der Waals surface area contributed by atoms with E-state index in [0.717, 1.165) is 17.0 Å². The molecule has 3 rings (SSSR count). The first-order chi connectivity index (χ1) is 13.8. The number of anilines is 3. The van der Waals surface area contributed by atoms with Crippen molar-refractivity contribution in [2.45, 2.75) is 6.92 Å². The van der Waals surface area contributed by atoms with Crippen LogP contribution in [0, 0.1) is 28.7 Å². The van der Waals surface area contributed by atoms with E-state index in [1.807, 2.05) is 0 Å². The van der Waals surface area contributed by atoms with E-state index >= 15 is 8.78 Å². The summed E-state index contributed by atoms with van der Waals surface area (Å²) in [6.07, 6.45) is 0. The average Bonchev–Trinajstić information content (AvgIpc) is 3.01. The predicted molar refractivity (Wildman–Crippen MR) is 102 cm³/mol. The van der Waals surface area contributed by atoms with Crippen LogP contribution in [-0.2, 0) is 7.05 Å². The minimum atomic E-state index is -0.971. The number of aromatic nitrogens is 2. The van der Waals surface area contributed by atoms with Crippen molar-refractivity contribution in [3.63, 3.8) is 0 Å². The lowest BCUT2D eigenvalue weighted by Gasteiger charge is -2.26. The fourth-order valence-electron chi connectivity index (χ4n) is 3.07. The Kier molecular flexibility index (Phi) is 5.35. The molecule has 0 bridgehead atoms. The minimum Gasteiger partial charge on any atom is -0.497 e. The Balaban J connectivity index is 2.43. The quantitative estimate of drug-likeness (QED) is 0.447. The van der Waals surface area contributed by atoms with Gasteiger partial charge in [-0.1, -0.05) is 6.07 Å². The maximum absolute atomic E-state index is 15.0. The first-order valence-corrected chi connectivity index (χ1v) is 8.43. The van der Waals surface area contributed by atoms with Crippen LogP contribution in [0.25, 0.3) is 0 Å². The molecule has 8 nitrogen and oxygen atoms in total. The standard InChI is InChI=1S/C19H18F2N4O4/c1-11-8-17(23(2)22-11)24(18-13(20)9-12(28-3)10-14(18)21)19-15(25(26)27)6-5-7-16(19)29-4/h5-10H,1-4H3. The monoisotopic (exact) mass is 404 g/mol. The van der Waals surface area contributed by atoms with Gasteiger partial charge in [0.05, 0.1) is 24.8 Å². The summed E-state index contributed by atoms with van der Waals surface area (Å²) in [5.41, 5.74) is -0.496. The Morgan fingerprint density at radius 3 is 2.24 bits per heavy atom. The molecule has 29 heavy (non-hydrogen) atoms. The van der Waals surface area contributed by atoms with E-state index in [4.69, 9.17) is 9.47 Å². The van der Waals surface area contributed by atoms with E-state index in [-0.39, 0.29) is 23.0 Å². The van der Waals surface area contributed by atoms with Crippen LogP contribution in [0.1, 0.15) is 5.69 Å². The van der Waals surface area contributed by atoms with Crippen LogP contribution in [0.3, 0.4) is 0 Å². The summed E-state index contributed by atoms with van der Waals surface area (Å²) in [5.74, 6) is -1.70. The van der Waals surface area contributed by atoms with E-state index in [1.54, 1.807) is 20.0 Å². The van der Waals surface area contributed by atoms with Gasteiger partial charge in [0.15, 0.2) is 17.3 Å². The zero-order chi connectivity index (χ0) is 21.3. The molecule has 1 aromatic heterocycles. The molecule has 0 saturated heterocycles.